The number of aromatic nitrogens is 1. The van der Waals surface area contributed by atoms with Crippen LogP contribution < -0.4 is 79.4 Å². The minimum atomic E-state index is -4.68. The first-order valence-electron chi connectivity index (χ1n) is 9.01. The Morgan fingerprint density at radius 2 is 1.74 bits per heavy atom. The van der Waals surface area contributed by atoms with E-state index in [4.69, 9.17) is 10.5 Å². The normalized spacial score (nSPS) is 17.6. The maximum Gasteiger partial charge on any atom is 1.00 e. The van der Waals surface area contributed by atoms with Gasteiger partial charge in [0.1, 0.15) is 23.6 Å². The van der Waals surface area contributed by atoms with E-state index >= 15 is 0 Å². The summed E-state index contributed by atoms with van der Waals surface area (Å²) in [7, 11) is 0. The Morgan fingerprint density at radius 3 is 2.15 bits per heavy atom. The van der Waals surface area contributed by atoms with Gasteiger partial charge in [0.05, 0.1) is 17.3 Å². The minimum absolute atomic E-state index is 0. The molecule has 0 aliphatic carbocycles. The molecule has 1 aliphatic rings. The number of halogens is 7. The van der Waals surface area contributed by atoms with E-state index in [9.17, 15) is 35.5 Å². The minimum Gasteiger partial charge on any atom is -0.489 e. The van der Waals surface area contributed by atoms with E-state index in [1.807, 2.05) is 6.07 Å². The molecule has 3 rings (SSSR count). The number of benzene rings is 1. The maximum absolute atomic E-state index is 13.4. The molecule has 0 saturated heterocycles. The second kappa shape index (κ2) is 13.2. The topological polar surface area (TPSA) is 71.9 Å². The van der Waals surface area contributed by atoms with E-state index < -0.39 is 41.5 Å². The maximum atomic E-state index is 13.4. The number of nitrogens with zero attached hydrogens (tertiary/aromatic N) is 2. The molecule has 2 atom stereocenters. The molecule has 2 N–H and O–H groups in total. The Kier molecular flexibility index (Phi) is 13.0. The molecule has 0 fully saturated rings. The van der Waals surface area contributed by atoms with E-state index in [1.54, 1.807) is 0 Å². The predicted octanol–water partition coefficient (Wildman–Crippen LogP) is 3.23. The van der Waals surface area contributed by atoms with E-state index in [1.165, 1.54) is 13.2 Å². The Morgan fingerprint density at radius 1 is 1.21 bits per heavy atom. The number of ether oxygens (including phenoxy) is 1. The fourth-order valence-electron chi connectivity index (χ4n) is 3.11. The van der Waals surface area contributed by atoms with Crippen LogP contribution in [-0.4, -0.2) is 30.6 Å². The van der Waals surface area contributed by atoms with E-state index in [0.29, 0.717) is 0 Å². The van der Waals surface area contributed by atoms with Gasteiger partial charge in [-0.1, -0.05) is 12.1 Å². The first-order chi connectivity index (χ1) is 14.8. The summed E-state index contributed by atoms with van der Waals surface area (Å²) < 4.78 is 94.4. The zero-order chi connectivity index (χ0) is 24.3. The average molecular weight is 629 g/mol. The molecule has 13 heteroatoms. The van der Waals surface area contributed by atoms with Gasteiger partial charge in [-0.25, -0.2) is 4.98 Å². The van der Waals surface area contributed by atoms with Gasteiger partial charge >= 0.3 is 81.2 Å². The van der Waals surface area contributed by atoms with Gasteiger partial charge in [-0.3, -0.25) is 0 Å². The van der Waals surface area contributed by atoms with E-state index in [0.717, 1.165) is 30.3 Å². The standard InChI is InChI=1S/C19H15F6N3O.CH3FS.CH3.Cs/c1-17(8-27)9-29-16-12(17)6-14(13(7-26)19(23,24)25)28-15(16)10-2-4-11(5-3-10)18(20,21)22;1-3-2;;/h2-6,13H,7,9,26H2,1H3;1H3;1H3;/q;;-1;+1. The van der Waals surface area contributed by atoms with Crippen LogP contribution in [0.15, 0.2) is 30.3 Å². The van der Waals surface area contributed by atoms with Crippen molar-refractivity contribution in [3.63, 3.8) is 0 Å². The molecule has 0 radical (unpaired) electrons. The number of hydrogen-bond donors (Lipinski definition) is 1. The summed E-state index contributed by atoms with van der Waals surface area (Å²) >= 11 is 0.250. The van der Waals surface area contributed by atoms with Gasteiger partial charge in [0.15, 0.2) is 5.75 Å². The van der Waals surface area contributed by atoms with Crippen LogP contribution in [0, 0.1) is 18.8 Å². The molecule has 2 unspecified atom stereocenters. The van der Waals surface area contributed by atoms with Crippen LogP contribution in [0.1, 0.15) is 29.7 Å². The summed E-state index contributed by atoms with van der Waals surface area (Å²) in [4.78, 5) is 4.03. The van der Waals surface area contributed by atoms with Crippen LogP contribution in [0.5, 0.6) is 5.75 Å². The average Bonchev–Trinajstić information content (AvgIpc) is 3.04. The van der Waals surface area contributed by atoms with E-state index in [-0.39, 0.29) is 118 Å². The monoisotopic (exact) mass is 629 g/mol. The van der Waals surface area contributed by atoms with Gasteiger partial charge in [0.25, 0.3) is 0 Å². The summed E-state index contributed by atoms with van der Waals surface area (Å²) in [5.74, 6) is -2.01. The first-order valence-corrected chi connectivity index (χ1v) is 10.1. The Hall–Kier alpha value is -0.468. The SMILES string of the molecule is CC1(C#N)COc2c1cc(C(CN)C(F)(F)F)nc2-c1ccc(C(F)(F)F)cc1.CSF.[CH3-].[Cs+]. The molecular weight excluding hydrogens is 608 g/mol. The fourth-order valence-corrected chi connectivity index (χ4v) is 3.11. The van der Waals surface area contributed by atoms with Crippen molar-refractivity contribution in [1.82, 2.24) is 4.98 Å². The van der Waals surface area contributed by atoms with Crippen molar-refractivity contribution in [2.45, 2.75) is 30.6 Å². The molecule has 34 heavy (non-hydrogen) atoms. The van der Waals surface area contributed by atoms with Crippen molar-refractivity contribution in [1.29, 1.82) is 5.26 Å². The van der Waals surface area contributed by atoms with Crippen LogP contribution in [0.3, 0.4) is 0 Å². The molecule has 0 saturated carbocycles. The van der Waals surface area contributed by atoms with Gasteiger partial charge in [-0.15, -0.1) is 0 Å². The zero-order valence-electron chi connectivity index (χ0n) is 18.8. The van der Waals surface area contributed by atoms with Gasteiger partial charge in [-0.05, 0) is 25.1 Å². The smallest absolute Gasteiger partial charge is 0.489 e. The van der Waals surface area contributed by atoms with Crippen LogP contribution >= 0.6 is 12.1 Å². The molecule has 0 bridgehead atoms. The van der Waals surface area contributed by atoms with Crippen molar-refractivity contribution in [2.24, 2.45) is 5.73 Å². The van der Waals surface area contributed by atoms with Crippen molar-refractivity contribution in [2.75, 3.05) is 19.4 Å². The molecule has 182 valence electrons. The Bertz CT molecular complexity index is 994. The summed E-state index contributed by atoms with van der Waals surface area (Å²) in [6.45, 7) is 0.618. The third-order valence-corrected chi connectivity index (χ3v) is 4.81. The van der Waals surface area contributed by atoms with Gasteiger partial charge in [0.2, 0.25) is 0 Å². The molecule has 1 aliphatic heterocycles. The Balaban J connectivity index is 0.00000207. The molecule has 2 heterocycles. The number of pyridine rings is 1. The fraction of sp³-hybridized carbons (Fsp3) is 0.381. The molecule has 4 nitrogen and oxygen atoms in total. The van der Waals surface area contributed by atoms with Gasteiger partial charge in [0, 0.05) is 36.1 Å². The summed E-state index contributed by atoms with van der Waals surface area (Å²) in [5.41, 5.74) is 3.03. The summed E-state index contributed by atoms with van der Waals surface area (Å²) in [6.07, 6.45) is -7.87. The first kappa shape index (κ1) is 33.5. The van der Waals surface area contributed by atoms with Crippen molar-refractivity contribution in [3.05, 3.63) is 54.6 Å². The van der Waals surface area contributed by atoms with Crippen molar-refractivity contribution in [3.8, 4) is 23.1 Å². The van der Waals surface area contributed by atoms with E-state index in [2.05, 4.69) is 4.98 Å². The second-order valence-electron chi connectivity index (χ2n) is 7.06. The molecule has 0 spiro atoms. The van der Waals surface area contributed by atoms with Gasteiger partial charge < -0.3 is 17.9 Å². The number of rotatable bonds is 3. The third kappa shape index (κ3) is 7.52. The number of fused-ring (bicyclic) bond motifs is 1. The number of alkyl halides is 6. The molecule has 1 aromatic heterocycles. The van der Waals surface area contributed by atoms with Gasteiger partial charge in [-0.2, -0.15) is 35.5 Å². The third-order valence-electron chi connectivity index (χ3n) is 4.81. The van der Waals surface area contributed by atoms with Crippen LogP contribution in [0.4, 0.5) is 30.2 Å². The zero-order valence-corrected chi connectivity index (χ0v) is 25.9. The second-order valence-corrected chi connectivity index (χ2v) is 7.37. The molecule has 0 amide bonds. The van der Waals surface area contributed by atoms with Crippen molar-refractivity contribution >= 4 is 12.1 Å². The molecule has 1 aromatic carbocycles. The number of nitrogens with two attached hydrogens (primary N) is 1. The summed E-state index contributed by atoms with van der Waals surface area (Å²) in [5, 5.41) is 9.48. The quantitative estimate of drug-likeness (QED) is 0.418. The predicted molar refractivity (Wildman–Crippen MR) is 112 cm³/mol. The van der Waals surface area contributed by atoms with Crippen LogP contribution in [0.25, 0.3) is 11.3 Å². The molecule has 2 aromatic rings. The largest absolute Gasteiger partial charge is 1.00 e. The summed E-state index contributed by atoms with van der Waals surface area (Å²) in [6, 6.07) is 6.97. The van der Waals surface area contributed by atoms with Crippen molar-refractivity contribution < 1.29 is 104 Å². The van der Waals surface area contributed by atoms with Crippen LogP contribution in [-0.2, 0) is 11.6 Å². The number of nitriles is 1. The number of hydrogen-bond acceptors (Lipinski definition) is 5. The van der Waals surface area contributed by atoms with Crippen LogP contribution in [0.2, 0.25) is 0 Å². The Labute approximate surface area is 256 Å². The molecular formula is C21H21CsF7N3OS.